The van der Waals surface area contributed by atoms with E-state index in [0.29, 0.717) is 37.3 Å². The molecule has 0 aromatic heterocycles. The highest BCUT2D eigenvalue weighted by Gasteiger charge is 2.52. The molecule has 1 fully saturated rings. The summed E-state index contributed by atoms with van der Waals surface area (Å²) >= 11 is 5.95. The Bertz CT molecular complexity index is 1190. The van der Waals surface area contributed by atoms with Crippen molar-refractivity contribution in [2.24, 2.45) is 10.7 Å². The van der Waals surface area contributed by atoms with Crippen LogP contribution >= 0.6 is 11.6 Å². The Kier molecular flexibility index (Phi) is 7.51. The van der Waals surface area contributed by atoms with Gasteiger partial charge >= 0.3 is 0 Å². The van der Waals surface area contributed by atoms with Gasteiger partial charge in [-0.05, 0) is 42.3 Å². The molecular formula is C24H25ClF2N6O3. The summed E-state index contributed by atoms with van der Waals surface area (Å²) in [7, 11) is 0. The van der Waals surface area contributed by atoms with E-state index in [1.165, 1.54) is 24.5 Å². The molecule has 4 rings (SSSR count). The first-order valence-corrected chi connectivity index (χ1v) is 11.7. The van der Waals surface area contributed by atoms with Gasteiger partial charge in [0.1, 0.15) is 12.0 Å². The molecule has 1 saturated heterocycles. The predicted molar refractivity (Wildman–Crippen MR) is 131 cm³/mol. The molecule has 2 aliphatic heterocycles. The van der Waals surface area contributed by atoms with E-state index in [9.17, 15) is 23.2 Å². The van der Waals surface area contributed by atoms with Crippen LogP contribution in [0.1, 0.15) is 22.3 Å². The lowest BCUT2D eigenvalue weighted by Gasteiger charge is -2.31. The van der Waals surface area contributed by atoms with Crippen molar-refractivity contribution in [3.8, 4) is 0 Å². The van der Waals surface area contributed by atoms with Crippen molar-refractivity contribution in [3.05, 3.63) is 64.4 Å². The van der Waals surface area contributed by atoms with Crippen LogP contribution in [0.4, 0.5) is 14.5 Å². The van der Waals surface area contributed by atoms with Crippen molar-refractivity contribution < 1.29 is 23.2 Å². The number of benzene rings is 2. The number of alkyl halides is 1. The topological polar surface area (TPSA) is 129 Å². The van der Waals surface area contributed by atoms with Gasteiger partial charge in [-0.25, -0.2) is 8.78 Å². The number of nitrogens with one attached hydrogen (secondary N) is 3. The molecule has 3 atom stereocenters. The lowest BCUT2D eigenvalue weighted by atomic mass is 9.82. The number of primary amides is 1. The first-order valence-electron chi connectivity index (χ1n) is 11.3. The minimum absolute atomic E-state index is 0.0350. The van der Waals surface area contributed by atoms with Crippen LogP contribution in [0.15, 0.2) is 47.5 Å². The minimum atomic E-state index is -1.63. The van der Waals surface area contributed by atoms with Crippen LogP contribution in [0.25, 0.3) is 0 Å². The second-order valence-corrected chi connectivity index (χ2v) is 9.04. The van der Waals surface area contributed by atoms with Gasteiger partial charge in [-0.1, -0.05) is 23.7 Å². The fraction of sp³-hybridized carbons (Fsp3) is 0.333. The summed E-state index contributed by atoms with van der Waals surface area (Å²) in [6, 6.07) is 8.42. The van der Waals surface area contributed by atoms with Crippen LogP contribution in [0, 0.1) is 5.82 Å². The van der Waals surface area contributed by atoms with Crippen molar-refractivity contribution in [2.45, 2.75) is 24.2 Å². The van der Waals surface area contributed by atoms with Crippen molar-refractivity contribution in [3.63, 3.8) is 0 Å². The first kappa shape index (κ1) is 25.5. The lowest BCUT2D eigenvalue weighted by Crippen LogP contribution is -2.60. The number of carbonyl (C=O) groups is 3. The van der Waals surface area contributed by atoms with Gasteiger partial charge in [-0.15, -0.1) is 0 Å². The number of anilines is 1. The highest BCUT2D eigenvalue weighted by atomic mass is 35.5. The van der Waals surface area contributed by atoms with Crippen molar-refractivity contribution in [1.82, 2.24) is 15.5 Å². The summed E-state index contributed by atoms with van der Waals surface area (Å²) < 4.78 is 26.6. The van der Waals surface area contributed by atoms with E-state index in [4.69, 9.17) is 17.3 Å². The third kappa shape index (κ3) is 5.17. The van der Waals surface area contributed by atoms with E-state index < -0.39 is 41.3 Å². The molecule has 5 N–H and O–H groups in total. The van der Waals surface area contributed by atoms with E-state index in [1.807, 2.05) is 4.90 Å². The number of nitrogens with zero attached hydrogens (tertiary/aromatic N) is 2. The third-order valence-corrected chi connectivity index (χ3v) is 6.59. The molecule has 2 aromatic carbocycles. The van der Waals surface area contributed by atoms with Crippen LogP contribution in [0.5, 0.6) is 0 Å². The highest BCUT2D eigenvalue weighted by Crippen LogP contribution is 2.31. The Hall–Kier alpha value is -3.57. The zero-order chi connectivity index (χ0) is 25.9. The molecule has 3 amide bonds. The maximum absolute atomic E-state index is 13.3. The number of nitrogens with two attached hydrogens (primary N) is 1. The monoisotopic (exact) mass is 518 g/mol. The predicted octanol–water partition coefficient (Wildman–Crippen LogP) is 1.57. The molecule has 0 radical (unpaired) electrons. The van der Waals surface area contributed by atoms with E-state index >= 15 is 0 Å². The quantitative estimate of drug-likeness (QED) is 0.422. The molecule has 12 heteroatoms. The number of carbonyl (C=O) groups excluding carboxylic acids is 3. The van der Waals surface area contributed by atoms with Crippen LogP contribution < -0.4 is 21.7 Å². The Morgan fingerprint density at radius 3 is 2.61 bits per heavy atom. The van der Waals surface area contributed by atoms with E-state index in [2.05, 4.69) is 20.9 Å². The summed E-state index contributed by atoms with van der Waals surface area (Å²) in [4.78, 5) is 44.1. The van der Waals surface area contributed by atoms with Gasteiger partial charge in [0.05, 0.1) is 16.9 Å². The maximum atomic E-state index is 13.3. The molecule has 9 nitrogen and oxygen atoms in total. The molecule has 0 bridgehead atoms. The van der Waals surface area contributed by atoms with Gasteiger partial charge in [-0.3, -0.25) is 24.3 Å². The summed E-state index contributed by atoms with van der Waals surface area (Å²) in [6.45, 7) is 1.71. The highest BCUT2D eigenvalue weighted by molar-refractivity contribution is 6.34. The van der Waals surface area contributed by atoms with E-state index in [1.54, 1.807) is 12.1 Å². The summed E-state index contributed by atoms with van der Waals surface area (Å²) in [5, 5.41) is 8.19. The fourth-order valence-electron chi connectivity index (χ4n) is 4.37. The normalized spacial score (nSPS) is 23.3. The standard InChI is InChI=1S/C24H25ClF2N6O3/c25-19-11-15(26)3-6-18(19)21(34)32-17-4-1-14(2-5-17)24(23(28)36)20(30-13-31-24)22(35)29-8-10-33-9-7-16(27)12-33/h1-6,11,13,16,20H,7-10,12H2,(H2,28,36)(H,29,35)(H,30,31)(H,32,34)/t16-,20?,24?/m0/s1. The Morgan fingerprint density at radius 1 is 1.22 bits per heavy atom. The number of halogens is 3. The SMILES string of the molecule is NC(=O)C1(c2ccc(NC(=O)c3ccc(F)cc3Cl)cc2)NC=NC1C(=O)NCCN1CC[C@H](F)C1. The van der Waals surface area contributed by atoms with Crippen LogP contribution in [0.2, 0.25) is 5.02 Å². The average Bonchev–Trinajstić information content (AvgIpc) is 3.46. The van der Waals surface area contributed by atoms with Gasteiger partial charge in [0, 0.05) is 31.9 Å². The molecule has 2 aromatic rings. The van der Waals surface area contributed by atoms with Crippen molar-refractivity contribution >= 4 is 41.3 Å². The van der Waals surface area contributed by atoms with Crippen molar-refractivity contribution in [1.29, 1.82) is 0 Å². The lowest BCUT2D eigenvalue weighted by molar-refractivity contribution is -0.131. The Balaban J connectivity index is 1.45. The van der Waals surface area contributed by atoms with Gasteiger partial charge in [-0.2, -0.15) is 0 Å². The van der Waals surface area contributed by atoms with Gasteiger partial charge in [0.15, 0.2) is 11.6 Å². The fourth-order valence-corrected chi connectivity index (χ4v) is 4.62. The van der Waals surface area contributed by atoms with Crippen LogP contribution in [-0.2, 0) is 15.1 Å². The molecule has 0 aliphatic carbocycles. The van der Waals surface area contributed by atoms with Gasteiger partial charge in [0.25, 0.3) is 11.8 Å². The number of amides is 3. The molecule has 0 saturated carbocycles. The number of rotatable bonds is 8. The number of hydrogen-bond donors (Lipinski definition) is 4. The second kappa shape index (κ2) is 10.6. The largest absolute Gasteiger partial charge is 0.367 e. The molecule has 36 heavy (non-hydrogen) atoms. The minimum Gasteiger partial charge on any atom is -0.367 e. The molecular weight excluding hydrogens is 494 g/mol. The first-order chi connectivity index (χ1) is 17.2. The van der Waals surface area contributed by atoms with E-state index in [0.717, 1.165) is 12.1 Å². The number of aliphatic imine (C=N–C) groups is 1. The Labute approximate surface area is 211 Å². The number of likely N-dealkylation sites (tertiary alicyclic amines) is 1. The smallest absolute Gasteiger partial charge is 0.257 e. The Morgan fingerprint density at radius 2 is 1.97 bits per heavy atom. The maximum Gasteiger partial charge on any atom is 0.257 e. The molecule has 2 unspecified atom stereocenters. The second-order valence-electron chi connectivity index (χ2n) is 8.63. The number of hydrogen-bond acceptors (Lipinski definition) is 6. The molecule has 0 spiro atoms. The molecule has 190 valence electrons. The average molecular weight is 519 g/mol. The van der Waals surface area contributed by atoms with E-state index in [-0.39, 0.29) is 17.1 Å². The van der Waals surface area contributed by atoms with Crippen LogP contribution in [0.3, 0.4) is 0 Å². The zero-order valence-electron chi connectivity index (χ0n) is 19.1. The van der Waals surface area contributed by atoms with Crippen LogP contribution in [-0.4, -0.2) is 67.4 Å². The molecule has 2 aliphatic rings. The zero-order valence-corrected chi connectivity index (χ0v) is 19.9. The summed E-state index contributed by atoms with van der Waals surface area (Å²) in [5.41, 5.74) is 4.93. The third-order valence-electron chi connectivity index (χ3n) is 6.28. The van der Waals surface area contributed by atoms with Gasteiger partial charge in [0.2, 0.25) is 5.91 Å². The summed E-state index contributed by atoms with van der Waals surface area (Å²) in [6.07, 6.45) is 0.880. The van der Waals surface area contributed by atoms with Crippen molar-refractivity contribution in [2.75, 3.05) is 31.5 Å². The molecule has 2 heterocycles. The summed E-state index contributed by atoms with van der Waals surface area (Å²) in [5.74, 6) is -2.43. The van der Waals surface area contributed by atoms with Gasteiger partial charge < -0.3 is 21.7 Å².